The molecule has 0 aromatic heterocycles. The predicted molar refractivity (Wildman–Crippen MR) is 76.7 cm³/mol. The molecular weight excluding hydrogens is 276 g/mol. The Morgan fingerprint density at radius 2 is 2.14 bits per heavy atom. The molecule has 1 aromatic carbocycles. The summed E-state index contributed by atoms with van der Waals surface area (Å²) in [6.45, 7) is 0.374. The van der Waals surface area contributed by atoms with Gasteiger partial charge in [-0.05, 0) is 31.7 Å². The van der Waals surface area contributed by atoms with Crippen LogP contribution in [0.5, 0.6) is 0 Å². The van der Waals surface area contributed by atoms with Gasteiger partial charge in [0.2, 0.25) is 0 Å². The maximum Gasteiger partial charge on any atom is 0.338 e. The summed E-state index contributed by atoms with van der Waals surface area (Å²) in [5, 5.41) is 29.6. The lowest BCUT2D eigenvalue weighted by Crippen LogP contribution is -2.42. The van der Waals surface area contributed by atoms with Crippen molar-refractivity contribution in [2.45, 2.75) is 31.7 Å². The van der Waals surface area contributed by atoms with E-state index in [4.69, 9.17) is 5.11 Å². The number of para-hydroxylation sites is 1. The Labute approximate surface area is 122 Å². The van der Waals surface area contributed by atoms with Crippen molar-refractivity contribution >= 4 is 17.3 Å². The molecule has 2 N–H and O–H groups in total. The molecule has 7 heteroatoms. The van der Waals surface area contributed by atoms with Crippen molar-refractivity contribution in [3.8, 4) is 0 Å². The second-order valence-corrected chi connectivity index (χ2v) is 5.09. The molecule has 114 valence electrons. The Balaban J connectivity index is 2.49. The number of carboxylic acid groups (broad SMARTS) is 1. The summed E-state index contributed by atoms with van der Waals surface area (Å²) in [6, 6.07) is 4.20. The first-order chi connectivity index (χ1) is 10.1. The molecule has 1 fully saturated rings. The summed E-state index contributed by atoms with van der Waals surface area (Å²) in [4.78, 5) is 23.9. The first-order valence-electron chi connectivity index (χ1n) is 6.94. The van der Waals surface area contributed by atoms with Gasteiger partial charge in [-0.25, -0.2) is 4.79 Å². The first-order valence-corrected chi connectivity index (χ1v) is 6.94. The minimum Gasteiger partial charge on any atom is -0.478 e. The van der Waals surface area contributed by atoms with Crippen LogP contribution in [0.3, 0.4) is 0 Å². The highest BCUT2D eigenvalue weighted by Crippen LogP contribution is 2.38. The highest BCUT2D eigenvalue weighted by atomic mass is 16.6. The van der Waals surface area contributed by atoms with E-state index in [0.29, 0.717) is 13.0 Å². The zero-order valence-corrected chi connectivity index (χ0v) is 11.6. The average molecular weight is 294 g/mol. The third-order valence-electron chi connectivity index (χ3n) is 3.80. The van der Waals surface area contributed by atoms with Crippen molar-refractivity contribution in [2.24, 2.45) is 0 Å². The third kappa shape index (κ3) is 3.13. The molecule has 0 saturated heterocycles. The smallest absolute Gasteiger partial charge is 0.338 e. The van der Waals surface area contributed by atoms with Crippen molar-refractivity contribution in [3.05, 3.63) is 33.9 Å². The Hall–Kier alpha value is -2.15. The number of carboxylic acids is 1. The Morgan fingerprint density at radius 1 is 1.43 bits per heavy atom. The number of nitro benzene ring substituents is 1. The predicted octanol–water partition coefficient (Wildman–Crippen LogP) is 2.03. The van der Waals surface area contributed by atoms with Crippen LogP contribution in [0, 0.1) is 10.1 Å². The van der Waals surface area contributed by atoms with E-state index in [1.165, 1.54) is 18.2 Å². The Kier molecular flexibility index (Phi) is 4.74. The van der Waals surface area contributed by atoms with Gasteiger partial charge in [0.15, 0.2) is 0 Å². The number of hydrogen-bond acceptors (Lipinski definition) is 5. The first kappa shape index (κ1) is 15.2. The number of nitrogens with zero attached hydrogens (tertiary/aromatic N) is 2. The molecule has 1 aliphatic rings. The lowest BCUT2D eigenvalue weighted by molar-refractivity contribution is -0.384. The molecule has 1 saturated carbocycles. The number of aliphatic hydroxyl groups is 1. The van der Waals surface area contributed by atoms with Crippen molar-refractivity contribution in [2.75, 3.05) is 18.1 Å². The van der Waals surface area contributed by atoms with Gasteiger partial charge < -0.3 is 15.1 Å². The van der Waals surface area contributed by atoms with Gasteiger partial charge in [0.25, 0.3) is 5.69 Å². The molecule has 0 spiro atoms. The quantitative estimate of drug-likeness (QED) is 0.589. The molecule has 0 heterocycles. The number of anilines is 1. The maximum atomic E-state index is 11.4. The molecule has 0 aliphatic heterocycles. The summed E-state index contributed by atoms with van der Waals surface area (Å²) < 4.78 is 0. The minimum atomic E-state index is -1.18. The lowest BCUT2D eigenvalue weighted by Gasteiger charge is -2.39. The fourth-order valence-electron chi connectivity index (χ4n) is 2.57. The van der Waals surface area contributed by atoms with E-state index in [1.807, 2.05) is 0 Å². The van der Waals surface area contributed by atoms with Crippen molar-refractivity contribution in [3.63, 3.8) is 0 Å². The van der Waals surface area contributed by atoms with Crippen LogP contribution in [0.15, 0.2) is 18.2 Å². The number of nitro groups is 1. The second-order valence-electron chi connectivity index (χ2n) is 5.09. The summed E-state index contributed by atoms with van der Waals surface area (Å²) in [5.41, 5.74) is -0.0954. The molecule has 0 amide bonds. The van der Waals surface area contributed by atoms with Gasteiger partial charge in [-0.2, -0.15) is 0 Å². The molecule has 7 nitrogen and oxygen atoms in total. The molecule has 0 radical (unpaired) electrons. The molecular formula is C14H18N2O5. The van der Waals surface area contributed by atoms with E-state index < -0.39 is 10.9 Å². The number of rotatable bonds is 7. The van der Waals surface area contributed by atoms with E-state index in [2.05, 4.69) is 0 Å². The zero-order chi connectivity index (χ0) is 15.4. The SMILES string of the molecule is O=C(O)c1cccc([N+](=O)[O-])c1N(CCCO)C1CCC1. The summed E-state index contributed by atoms with van der Waals surface area (Å²) in [6.07, 6.45) is 3.25. The van der Waals surface area contributed by atoms with E-state index >= 15 is 0 Å². The van der Waals surface area contributed by atoms with Gasteiger partial charge >= 0.3 is 5.97 Å². The number of benzene rings is 1. The van der Waals surface area contributed by atoms with E-state index in [-0.39, 0.29) is 29.6 Å². The van der Waals surface area contributed by atoms with E-state index in [0.717, 1.165) is 19.3 Å². The third-order valence-corrected chi connectivity index (χ3v) is 3.80. The normalized spacial score (nSPS) is 14.5. The highest BCUT2D eigenvalue weighted by Gasteiger charge is 2.32. The monoisotopic (exact) mass is 294 g/mol. The minimum absolute atomic E-state index is 0.0355. The number of hydrogen-bond donors (Lipinski definition) is 2. The average Bonchev–Trinajstić information content (AvgIpc) is 2.40. The number of carbonyl (C=O) groups is 1. The highest BCUT2D eigenvalue weighted by molar-refractivity contribution is 5.97. The van der Waals surface area contributed by atoms with Crippen molar-refractivity contribution in [1.82, 2.24) is 0 Å². The van der Waals surface area contributed by atoms with Crippen LogP contribution >= 0.6 is 0 Å². The fourth-order valence-corrected chi connectivity index (χ4v) is 2.57. The van der Waals surface area contributed by atoms with Crippen molar-refractivity contribution in [1.29, 1.82) is 0 Å². The fraction of sp³-hybridized carbons (Fsp3) is 0.500. The Morgan fingerprint density at radius 3 is 2.62 bits per heavy atom. The topological polar surface area (TPSA) is 104 Å². The molecule has 0 bridgehead atoms. The summed E-state index contributed by atoms with van der Waals surface area (Å²) in [5.74, 6) is -1.18. The van der Waals surface area contributed by atoms with Crippen LogP contribution in [-0.4, -0.2) is 40.3 Å². The van der Waals surface area contributed by atoms with Gasteiger partial charge in [-0.1, -0.05) is 6.07 Å². The number of aromatic carboxylic acids is 1. The van der Waals surface area contributed by atoms with Crippen LogP contribution in [0.4, 0.5) is 11.4 Å². The molecule has 0 unspecified atom stereocenters. The van der Waals surface area contributed by atoms with E-state index in [1.54, 1.807) is 4.90 Å². The number of aliphatic hydroxyl groups excluding tert-OH is 1. The van der Waals surface area contributed by atoms with Crippen molar-refractivity contribution < 1.29 is 19.9 Å². The van der Waals surface area contributed by atoms with Gasteiger partial charge in [0.1, 0.15) is 5.69 Å². The van der Waals surface area contributed by atoms with Crippen LogP contribution in [-0.2, 0) is 0 Å². The molecule has 1 aliphatic carbocycles. The van der Waals surface area contributed by atoms with Gasteiger partial charge in [-0.3, -0.25) is 10.1 Å². The molecule has 0 atom stereocenters. The standard InChI is InChI=1S/C14H18N2O5/c17-9-3-8-15(10-4-1-5-10)13-11(14(18)19)6-2-7-12(13)16(20)21/h2,6-7,10,17H,1,3-5,8-9H2,(H,18,19). The van der Waals surface area contributed by atoms with Gasteiger partial charge in [0.05, 0.1) is 10.5 Å². The van der Waals surface area contributed by atoms with Crippen LogP contribution in [0.2, 0.25) is 0 Å². The zero-order valence-electron chi connectivity index (χ0n) is 11.6. The second kappa shape index (κ2) is 6.53. The van der Waals surface area contributed by atoms with Crippen LogP contribution < -0.4 is 4.90 Å². The molecule has 1 aromatic rings. The summed E-state index contributed by atoms with van der Waals surface area (Å²) >= 11 is 0. The van der Waals surface area contributed by atoms with Gasteiger partial charge in [-0.15, -0.1) is 0 Å². The molecule has 2 rings (SSSR count). The van der Waals surface area contributed by atoms with Gasteiger partial charge in [0, 0.05) is 25.3 Å². The van der Waals surface area contributed by atoms with Crippen LogP contribution in [0.1, 0.15) is 36.0 Å². The lowest BCUT2D eigenvalue weighted by atomic mass is 9.90. The van der Waals surface area contributed by atoms with E-state index in [9.17, 15) is 20.0 Å². The largest absolute Gasteiger partial charge is 0.478 e. The maximum absolute atomic E-state index is 11.4. The molecule has 21 heavy (non-hydrogen) atoms. The summed E-state index contributed by atoms with van der Waals surface area (Å²) in [7, 11) is 0. The van der Waals surface area contributed by atoms with Crippen LogP contribution in [0.25, 0.3) is 0 Å². The Bertz CT molecular complexity index is 510.